The number of likely N-dealkylation sites (tertiary alicyclic amines) is 1. The maximum absolute atomic E-state index is 14.1. The third-order valence-corrected chi connectivity index (χ3v) is 5.39. The molecule has 6 nitrogen and oxygen atoms in total. The zero-order chi connectivity index (χ0) is 19.9. The molecule has 0 saturated carbocycles. The third-order valence-electron chi connectivity index (χ3n) is 5.39. The van der Waals surface area contributed by atoms with E-state index in [1.54, 1.807) is 19.0 Å². The van der Waals surface area contributed by atoms with Crippen LogP contribution in [-0.2, 0) is 7.05 Å². The van der Waals surface area contributed by atoms with E-state index in [2.05, 4.69) is 5.32 Å². The highest BCUT2D eigenvalue weighted by Crippen LogP contribution is 2.30. The Hall–Kier alpha value is -2.57. The number of urea groups is 1. The van der Waals surface area contributed by atoms with Gasteiger partial charge >= 0.3 is 6.03 Å². The van der Waals surface area contributed by atoms with Crippen LogP contribution in [0.4, 0.5) is 9.18 Å². The molecule has 146 valence electrons. The van der Waals surface area contributed by atoms with Crippen LogP contribution in [0.3, 0.4) is 0 Å². The van der Waals surface area contributed by atoms with Gasteiger partial charge in [0.1, 0.15) is 11.9 Å². The predicted octanol–water partition coefficient (Wildman–Crippen LogP) is 2.62. The molecular formula is C20H27FN4O2. The number of amides is 3. The number of carbonyl (C=O) groups is 2. The molecule has 2 aromatic rings. The van der Waals surface area contributed by atoms with Gasteiger partial charge in [0.15, 0.2) is 0 Å². The second-order valence-electron chi connectivity index (χ2n) is 7.53. The molecule has 1 N–H and O–H groups in total. The van der Waals surface area contributed by atoms with Gasteiger partial charge in [-0.15, -0.1) is 0 Å². The van der Waals surface area contributed by atoms with Crippen molar-refractivity contribution in [3.05, 3.63) is 35.0 Å². The number of nitrogens with one attached hydrogen (secondary N) is 1. The molecule has 1 aliphatic heterocycles. The number of alkyl halides is 1. The Morgan fingerprint density at radius 2 is 2.00 bits per heavy atom. The van der Waals surface area contributed by atoms with Crippen LogP contribution < -0.4 is 5.32 Å². The first kappa shape index (κ1) is 19.2. The van der Waals surface area contributed by atoms with Crippen molar-refractivity contribution >= 4 is 22.8 Å². The van der Waals surface area contributed by atoms with Gasteiger partial charge in [-0.2, -0.15) is 0 Å². The molecule has 3 amide bonds. The Bertz CT molecular complexity index is 890. The summed E-state index contributed by atoms with van der Waals surface area (Å²) in [6.07, 6.45) is -0.839. The largest absolute Gasteiger partial charge is 0.339 e. The molecule has 0 aliphatic carbocycles. The average molecular weight is 374 g/mol. The van der Waals surface area contributed by atoms with E-state index in [0.29, 0.717) is 5.69 Å². The van der Waals surface area contributed by atoms with Crippen LogP contribution in [0.5, 0.6) is 0 Å². The lowest BCUT2D eigenvalue weighted by molar-refractivity contribution is 0.0718. The molecule has 1 fully saturated rings. The van der Waals surface area contributed by atoms with Crippen LogP contribution in [0.2, 0.25) is 0 Å². The Morgan fingerprint density at radius 3 is 2.63 bits per heavy atom. The first-order valence-electron chi connectivity index (χ1n) is 9.17. The lowest BCUT2D eigenvalue weighted by atomic mass is 10.1. The van der Waals surface area contributed by atoms with E-state index in [1.165, 1.54) is 4.90 Å². The average Bonchev–Trinajstić information content (AvgIpc) is 3.11. The van der Waals surface area contributed by atoms with Gasteiger partial charge in [-0.1, -0.05) is 18.2 Å². The monoisotopic (exact) mass is 374 g/mol. The van der Waals surface area contributed by atoms with Crippen molar-refractivity contribution in [1.82, 2.24) is 19.7 Å². The highest BCUT2D eigenvalue weighted by molar-refractivity contribution is 6.02. The highest BCUT2D eigenvalue weighted by Gasteiger charge is 2.37. The van der Waals surface area contributed by atoms with E-state index >= 15 is 0 Å². The quantitative estimate of drug-likeness (QED) is 0.898. The highest BCUT2D eigenvalue weighted by atomic mass is 19.1. The number of hydrogen-bond acceptors (Lipinski definition) is 2. The number of fused-ring (bicyclic) bond motifs is 1. The second kappa shape index (κ2) is 7.21. The fourth-order valence-electron chi connectivity index (χ4n) is 4.00. The minimum Gasteiger partial charge on any atom is -0.339 e. The minimum absolute atomic E-state index is 0.0568. The molecule has 27 heavy (non-hydrogen) atoms. The summed E-state index contributed by atoms with van der Waals surface area (Å²) in [6.45, 7) is 4.25. The minimum atomic E-state index is -1.08. The molecular weight excluding hydrogens is 347 g/mol. The first-order valence-corrected chi connectivity index (χ1v) is 9.17. The summed E-state index contributed by atoms with van der Waals surface area (Å²) in [7, 11) is 5.17. The van der Waals surface area contributed by atoms with E-state index in [1.807, 2.05) is 43.7 Å². The zero-order valence-electron chi connectivity index (χ0n) is 16.5. The number of aromatic nitrogens is 1. The van der Waals surface area contributed by atoms with Crippen LogP contribution in [0, 0.1) is 13.8 Å². The van der Waals surface area contributed by atoms with Crippen molar-refractivity contribution in [2.45, 2.75) is 32.5 Å². The summed E-state index contributed by atoms with van der Waals surface area (Å²) in [4.78, 5) is 28.1. The van der Waals surface area contributed by atoms with Crippen molar-refractivity contribution in [3.8, 4) is 0 Å². The van der Waals surface area contributed by atoms with Crippen molar-refractivity contribution in [2.24, 2.45) is 7.05 Å². The number of hydrogen-bond donors (Lipinski definition) is 1. The summed E-state index contributed by atoms with van der Waals surface area (Å²) in [5, 5.41) is 3.80. The van der Waals surface area contributed by atoms with Crippen molar-refractivity contribution < 1.29 is 14.0 Å². The fraction of sp³-hybridized carbons (Fsp3) is 0.500. The summed E-state index contributed by atoms with van der Waals surface area (Å²) < 4.78 is 16.0. The lowest BCUT2D eigenvalue weighted by Gasteiger charge is -2.26. The zero-order valence-corrected chi connectivity index (χ0v) is 16.5. The van der Waals surface area contributed by atoms with Crippen LogP contribution >= 0.6 is 0 Å². The number of aryl methyl sites for hydroxylation is 3. The topological polar surface area (TPSA) is 57.6 Å². The molecule has 2 atom stereocenters. The van der Waals surface area contributed by atoms with Crippen molar-refractivity contribution in [3.63, 3.8) is 0 Å². The van der Waals surface area contributed by atoms with E-state index in [9.17, 15) is 14.0 Å². The Labute approximate surface area is 158 Å². The molecule has 3 rings (SSSR count). The molecule has 1 saturated heterocycles. The maximum atomic E-state index is 14.1. The second-order valence-corrected chi connectivity index (χ2v) is 7.53. The van der Waals surface area contributed by atoms with Gasteiger partial charge in [0.25, 0.3) is 5.91 Å². The van der Waals surface area contributed by atoms with Crippen LogP contribution in [0.15, 0.2) is 18.2 Å². The number of para-hydroxylation sites is 1. The molecule has 0 bridgehead atoms. The van der Waals surface area contributed by atoms with Gasteiger partial charge < -0.3 is 19.7 Å². The number of nitrogens with zero attached hydrogens (tertiary/aromatic N) is 3. The molecule has 1 aliphatic rings. The number of benzene rings is 1. The van der Waals surface area contributed by atoms with Gasteiger partial charge in [-0.3, -0.25) is 4.79 Å². The molecule has 1 aromatic heterocycles. The lowest BCUT2D eigenvalue weighted by Crippen LogP contribution is -2.46. The van der Waals surface area contributed by atoms with Crippen LogP contribution in [0.1, 0.15) is 28.0 Å². The van der Waals surface area contributed by atoms with Crippen LogP contribution in [-0.4, -0.2) is 65.7 Å². The standard InChI is InChI=1S/C20H27FN4O2/c1-12-7-6-8-16-13(2)18(24(5)17(12)16)19(26)25-11-14(21)9-15(25)10-22-20(27)23(3)4/h6-8,14-15H,9-11H2,1-5H3,(H,22,27)/t14-,15-/m0/s1. The SMILES string of the molecule is Cc1c(C(=O)N2C[C@@H](F)C[C@H]2CNC(=O)N(C)C)n(C)c2c(C)cccc12. The summed E-state index contributed by atoms with van der Waals surface area (Å²) in [5.41, 5.74) is 3.60. The normalized spacial score (nSPS) is 19.6. The smallest absolute Gasteiger partial charge is 0.316 e. The third kappa shape index (κ3) is 3.38. The molecule has 7 heteroatoms. The van der Waals surface area contributed by atoms with Crippen molar-refractivity contribution in [2.75, 3.05) is 27.2 Å². The van der Waals surface area contributed by atoms with Crippen LogP contribution in [0.25, 0.3) is 10.9 Å². The first-order chi connectivity index (χ1) is 12.7. The Balaban J connectivity index is 1.91. The van der Waals surface area contributed by atoms with Gasteiger partial charge in [0, 0.05) is 39.5 Å². The molecule has 2 heterocycles. The maximum Gasteiger partial charge on any atom is 0.316 e. The van der Waals surface area contributed by atoms with Gasteiger partial charge in [-0.05, 0) is 25.0 Å². The number of rotatable bonds is 3. The van der Waals surface area contributed by atoms with Gasteiger partial charge in [0.05, 0.1) is 18.1 Å². The molecule has 0 spiro atoms. The van der Waals surface area contributed by atoms with E-state index in [-0.39, 0.29) is 37.5 Å². The van der Waals surface area contributed by atoms with Gasteiger partial charge in [0.2, 0.25) is 0 Å². The van der Waals surface area contributed by atoms with Gasteiger partial charge in [-0.25, -0.2) is 9.18 Å². The summed E-state index contributed by atoms with van der Waals surface area (Å²) in [6, 6.07) is 5.40. The number of carbonyl (C=O) groups excluding carboxylic acids is 2. The molecule has 1 aromatic carbocycles. The number of halogens is 1. The van der Waals surface area contributed by atoms with E-state index in [4.69, 9.17) is 0 Å². The summed E-state index contributed by atoms with van der Waals surface area (Å²) >= 11 is 0. The summed E-state index contributed by atoms with van der Waals surface area (Å²) in [5.74, 6) is -0.185. The molecule has 0 radical (unpaired) electrons. The Kier molecular flexibility index (Phi) is 5.13. The fourth-order valence-corrected chi connectivity index (χ4v) is 4.00. The predicted molar refractivity (Wildman–Crippen MR) is 104 cm³/mol. The Morgan fingerprint density at radius 1 is 1.30 bits per heavy atom. The van der Waals surface area contributed by atoms with E-state index in [0.717, 1.165) is 22.0 Å². The van der Waals surface area contributed by atoms with Crippen molar-refractivity contribution in [1.29, 1.82) is 0 Å². The van der Waals surface area contributed by atoms with E-state index < -0.39 is 6.17 Å². The molecule has 0 unspecified atom stereocenters.